The SMILES string of the molecule is CN1CCCC1CNCc1cn(C)nc1-c1ccc2c(c1)OCCCO2. The number of nitrogens with zero attached hydrogens (tertiary/aromatic N) is 3. The molecule has 1 atom stereocenters. The predicted molar refractivity (Wildman–Crippen MR) is 102 cm³/mol. The van der Waals surface area contributed by atoms with Gasteiger partial charge < -0.3 is 19.7 Å². The van der Waals surface area contributed by atoms with Gasteiger partial charge in [0.2, 0.25) is 0 Å². The Kier molecular flexibility index (Phi) is 5.13. The van der Waals surface area contributed by atoms with Crippen LogP contribution in [0.25, 0.3) is 11.3 Å². The maximum absolute atomic E-state index is 5.84. The van der Waals surface area contributed by atoms with Crippen LogP contribution in [0.4, 0.5) is 0 Å². The molecular weight excluding hydrogens is 328 g/mol. The molecule has 1 unspecified atom stereocenters. The zero-order chi connectivity index (χ0) is 17.9. The number of aryl methyl sites for hydroxylation is 1. The Morgan fingerprint density at radius 3 is 2.81 bits per heavy atom. The molecule has 1 saturated heterocycles. The molecule has 6 heteroatoms. The van der Waals surface area contributed by atoms with Crippen molar-refractivity contribution >= 4 is 0 Å². The van der Waals surface area contributed by atoms with Crippen LogP contribution in [0.15, 0.2) is 24.4 Å². The van der Waals surface area contributed by atoms with Crippen molar-refractivity contribution in [3.05, 3.63) is 30.0 Å². The van der Waals surface area contributed by atoms with Gasteiger partial charge in [0, 0.05) is 49.9 Å². The molecule has 140 valence electrons. The fourth-order valence-electron chi connectivity index (χ4n) is 3.83. The molecule has 26 heavy (non-hydrogen) atoms. The summed E-state index contributed by atoms with van der Waals surface area (Å²) in [7, 11) is 4.19. The molecule has 1 N–H and O–H groups in total. The van der Waals surface area contributed by atoms with E-state index in [0.717, 1.165) is 42.3 Å². The zero-order valence-corrected chi connectivity index (χ0v) is 15.7. The maximum Gasteiger partial charge on any atom is 0.161 e. The van der Waals surface area contributed by atoms with Crippen molar-refractivity contribution in [1.29, 1.82) is 0 Å². The van der Waals surface area contributed by atoms with Gasteiger partial charge in [0.1, 0.15) is 0 Å². The Hall–Kier alpha value is -2.05. The highest BCUT2D eigenvalue weighted by atomic mass is 16.5. The molecule has 4 rings (SSSR count). The second kappa shape index (κ2) is 7.68. The minimum absolute atomic E-state index is 0.646. The van der Waals surface area contributed by atoms with E-state index >= 15 is 0 Å². The van der Waals surface area contributed by atoms with E-state index in [1.165, 1.54) is 24.9 Å². The highest BCUT2D eigenvalue weighted by Crippen LogP contribution is 2.34. The van der Waals surface area contributed by atoms with Crippen molar-refractivity contribution in [1.82, 2.24) is 20.0 Å². The van der Waals surface area contributed by atoms with E-state index in [4.69, 9.17) is 9.47 Å². The smallest absolute Gasteiger partial charge is 0.161 e. The second-order valence-corrected chi connectivity index (χ2v) is 7.30. The number of hydrogen-bond donors (Lipinski definition) is 1. The standard InChI is InChI=1S/C20H28N4O2/c1-23-8-3-5-17(23)13-21-12-16-14-24(2)22-20(16)15-6-7-18-19(11-15)26-10-4-9-25-18/h6-7,11,14,17,21H,3-5,8-10,12-13H2,1-2H3. The Bertz CT molecular complexity index is 758. The van der Waals surface area contributed by atoms with Crippen LogP contribution >= 0.6 is 0 Å². The second-order valence-electron chi connectivity index (χ2n) is 7.30. The molecule has 0 saturated carbocycles. The van der Waals surface area contributed by atoms with Gasteiger partial charge in [-0.15, -0.1) is 0 Å². The first kappa shape index (κ1) is 17.4. The Morgan fingerprint density at radius 2 is 2.00 bits per heavy atom. The first-order valence-corrected chi connectivity index (χ1v) is 9.54. The third-order valence-corrected chi connectivity index (χ3v) is 5.29. The van der Waals surface area contributed by atoms with Crippen LogP contribution in [0.3, 0.4) is 0 Å². The average molecular weight is 356 g/mol. The molecule has 2 aromatic rings. The van der Waals surface area contributed by atoms with Gasteiger partial charge in [0.25, 0.3) is 0 Å². The van der Waals surface area contributed by atoms with Gasteiger partial charge >= 0.3 is 0 Å². The van der Waals surface area contributed by atoms with Crippen molar-refractivity contribution in [3.8, 4) is 22.8 Å². The lowest BCUT2D eigenvalue weighted by atomic mass is 10.1. The number of rotatable bonds is 5. The number of benzene rings is 1. The summed E-state index contributed by atoms with van der Waals surface area (Å²) in [5.41, 5.74) is 3.29. The quantitative estimate of drug-likeness (QED) is 0.892. The molecule has 2 aliphatic rings. The number of ether oxygens (including phenoxy) is 2. The molecule has 6 nitrogen and oxygen atoms in total. The van der Waals surface area contributed by atoms with E-state index in [9.17, 15) is 0 Å². The molecular formula is C20H28N4O2. The summed E-state index contributed by atoms with van der Waals surface area (Å²) in [5.74, 6) is 1.64. The summed E-state index contributed by atoms with van der Waals surface area (Å²) >= 11 is 0. The molecule has 1 aromatic carbocycles. The lowest BCUT2D eigenvalue weighted by Crippen LogP contribution is -2.35. The first-order valence-electron chi connectivity index (χ1n) is 9.54. The summed E-state index contributed by atoms with van der Waals surface area (Å²) in [5, 5.41) is 8.31. The van der Waals surface area contributed by atoms with Crippen LogP contribution in [-0.4, -0.2) is 54.1 Å². The van der Waals surface area contributed by atoms with E-state index in [1.807, 2.05) is 17.8 Å². The summed E-state index contributed by atoms with van der Waals surface area (Å²) in [6.07, 6.45) is 5.60. The van der Waals surface area contributed by atoms with Crippen molar-refractivity contribution in [2.24, 2.45) is 7.05 Å². The summed E-state index contributed by atoms with van der Waals surface area (Å²) in [6.45, 7) is 4.46. The number of hydrogen-bond acceptors (Lipinski definition) is 5. The van der Waals surface area contributed by atoms with Crippen molar-refractivity contribution in [2.75, 3.05) is 33.4 Å². The summed E-state index contributed by atoms with van der Waals surface area (Å²) in [4.78, 5) is 2.45. The molecule has 0 aliphatic carbocycles. The number of fused-ring (bicyclic) bond motifs is 1. The van der Waals surface area contributed by atoms with Gasteiger partial charge in [0.05, 0.1) is 18.9 Å². The highest BCUT2D eigenvalue weighted by Gasteiger charge is 2.20. The molecule has 1 fully saturated rings. The van der Waals surface area contributed by atoms with E-state index in [0.29, 0.717) is 19.3 Å². The van der Waals surface area contributed by atoms with Gasteiger partial charge in [-0.05, 0) is 44.6 Å². The van der Waals surface area contributed by atoms with Gasteiger partial charge in [-0.2, -0.15) is 5.10 Å². The number of nitrogens with one attached hydrogen (secondary N) is 1. The maximum atomic E-state index is 5.84. The van der Waals surface area contributed by atoms with Crippen LogP contribution in [0.2, 0.25) is 0 Å². The number of likely N-dealkylation sites (tertiary alicyclic amines) is 1. The fraction of sp³-hybridized carbons (Fsp3) is 0.550. The van der Waals surface area contributed by atoms with E-state index in [-0.39, 0.29) is 0 Å². The number of aromatic nitrogens is 2. The Balaban J connectivity index is 1.49. The third kappa shape index (κ3) is 3.71. The number of likely N-dealkylation sites (N-methyl/N-ethyl adjacent to an activating group) is 1. The normalized spacial score (nSPS) is 20.3. The minimum Gasteiger partial charge on any atom is -0.490 e. The largest absolute Gasteiger partial charge is 0.490 e. The van der Waals surface area contributed by atoms with E-state index in [2.05, 4.69) is 40.7 Å². The topological polar surface area (TPSA) is 51.6 Å². The van der Waals surface area contributed by atoms with Gasteiger partial charge in [-0.1, -0.05) is 0 Å². The van der Waals surface area contributed by atoms with E-state index < -0.39 is 0 Å². The van der Waals surface area contributed by atoms with Crippen LogP contribution in [0.5, 0.6) is 11.5 Å². The Labute approximate surface area is 155 Å². The molecule has 2 aliphatic heterocycles. The zero-order valence-electron chi connectivity index (χ0n) is 15.7. The molecule has 1 aromatic heterocycles. The van der Waals surface area contributed by atoms with Crippen LogP contribution < -0.4 is 14.8 Å². The lowest BCUT2D eigenvalue weighted by molar-refractivity contribution is 0.297. The van der Waals surface area contributed by atoms with Gasteiger partial charge in [-0.25, -0.2) is 0 Å². The molecule has 0 bridgehead atoms. The average Bonchev–Trinajstić information content (AvgIpc) is 3.12. The molecule has 0 spiro atoms. The highest BCUT2D eigenvalue weighted by molar-refractivity contribution is 5.66. The van der Waals surface area contributed by atoms with Gasteiger partial charge in [0.15, 0.2) is 11.5 Å². The van der Waals surface area contributed by atoms with Crippen LogP contribution in [0.1, 0.15) is 24.8 Å². The molecule has 3 heterocycles. The summed E-state index contributed by atoms with van der Waals surface area (Å²) < 4.78 is 13.5. The fourth-order valence-corrected chi connectivity index (χ4v) is 3.83. The monoisotopic (exact) mass is 356 g/mol. The third-order valence-electron chi connectivity index (χ3n) is 5.29. The lowest BCUT2D eigenvalue weighted by Gasteiger charge is -2.19. The predicted octanol–water partition coefficient (Wildman–Crippen LogP) is 2.43. The van der Waals surface area contributed by atoms with Crippen LogP contribution in [0, 0.1) is 0 Å². The van der Waals surface area contributed by atoms with Crippen molar-refractivity contribution in [3.63, 3.8) is 0 Å². The van der Waals surface area contributed by atoms with E-state index in [1.54, 1.807) is 0 Å². The van der Waals surface area contributed by atoms with Gasteiger partial charge in [-0.3, -0.25) is 4.68 Å². The first-order chi connectivity index (χ1) is 12.7. The molecule has 0 radical (unpaired) electrons. The minimum atomic E-state index is 0.646. The molecule has 0 amide bonds. The van der Waals surface area contributed by atoms with Crippen LogP contribution in [-0.2, 0) is 13.6 Å². The van der Waals surface area contributed by atoms with Crippen molar-refractivity contribution in [2.45, 2.75) is 31.8 Å². The Morgan fingerprint density at radius 1 is 1.15 bits per heavy atom. The van der Waals surface area contributed by atoms with Crippen molar-refractivity contribution < 1.29 is 9.47 Å². The summed E-state index contributed by atoms with van der Waals surface area (Å²) in [6, 6.07) is 6.77.